The molecule has 0 spiro atoms. The largest absolute Gasteiger partial charge is 0.447 e. The van der Waals surface area contributed by atoms with Gasteiger partial charge in [0, 0.05) is 28.7 Å². The van der Waals surface area contributed by atoms with Crippen molar-refractivity contribution < 1.29 is 14.3 Å². The first kappa shape index (κ1) is 22.0. The molecular formula is C27H28N4O3. The second-order valence-electron chi connectivity index (χ2n) is 9.43. The molecule has 2 N–H and O–H groups in total. The molecular weight excluding hydrogens is 428 g/mol. The molecule has 5 rings (SSSR count). The molecule has 2 fully saturated rings. The van der Waals surface area contributed by atoms with Crippen LogP contribution in [0.3, 0.4) is 0 Å². The normalized spacial score (nSPS) is 15.6. The van der Waals surface area contributed by atoms with Gasteiger partial charge in [-0.1, -0.05) is 18.2 Å². The van der Waals surface area contributed by atoms with Crippen LogP contribution in [0.2, 0.25) is 0 Å². The van der Waals surface area contributed by atoms with E-state index in [9.17, 15) is 14.9 Å². The molecule has 0 aliphatic heterocycles. The van der Waals surface area contributed by atoms with Crippen LogP contribution in [0.5, 0.6) is 0 Å². The molecule has 174 valence electrons. The lowest BCUT2D eigenvalue weighted by molar-refractivity contribution is 0.0951. The molecule has 34 heavy (non-hydrogen) atoms. The van der Waals surface area contributed by atoms with Crippen LogP contribution in [0.1, 0.15) is 67.9 Å². The molecule has 0 saturated heterocycles. The lowest BCUT2D eigenvalue weighted by Crippen LogP contribution is -2.25. The molecule has 0 unspecified atom stereocenters. The number of hydrogen-bond donors (Lipinski definition) is 2. The molecule has 0 radical (unpaired) electrons. The van der Waals surface area contributed by atoms with Crippen LogP contribution in [-0.2, 0) is 4.74 Å². The Kier molecular flexibility index (Phi) is 5.74. The van der Waals surface area contributed by atoms with Gasteiger partial charge in [0.2, 0.25) is 0 Å². The second-order valence-corrected chi connectivity index (χ2v) is 9.43. The lowest BCUT2D eigenvalue weighted by Gasteiger charge is -2.30. The SMILES string of the molecule is CC(C)OC(=O)Nc1ccc(-c2c(C#N)c3ccc(C(=O)NC4CC4)cc3n2C2CCC2)cc1. The smallest absolute Gasteiger partial charge is 0.411 e. The number of carbonyl (C=O) groups excluding carboxylic acids is 2. The lowest BCUT2D eigenvalue weighted by atomic mass is 9.92. The van der Waals surface area contributed by atoms with Crippen molar-refractivity contribution in [3.8, 4) is 17.3 Å². The third-order valence-electron chi connectivity index (χ3n) is 6.48. The zero-order chi connectivity index (χ0) is 23.8. The Morgan fingerprint density at radius 2 is 1.82 bits per heavy atom. The van der Waals surface area contributed by atoms with Gasteiger partial charge in [0.15, 0.2) is 0 Å². The third kappa shape index (κ3) is 4.24. The van der Waals surface area contributed by atoms with Gasteiger partial charge in [0.25, 0.3) is 5.91 Å². The van der Waals surface area contributed by atoms with Crippen LogP contribution < -0.4 is 10.6 Å². The van der Waals surface area contributed by atoms with E-state index < -0.39 is 6.09 Å². The molecule has 2 aromatic carbocycles. The standard InChI is InChI=1S/C27H28N4O3/c1-16(2)34-27(33)30-20-9-6-17(7-10-20)25-23(15-28)22-13-8-18(26(32)29-19-11-12-19)14-24(22)31(25)21-4-3-5-21/h6-10,13-14,16,19,21H,3-5,11-12H2,1-2H3,(H,29,32)(H,30,33). The first-order valence-electron chi connectivity index (χ1n) is 11.9. The number of ether oxygens (including phenoxy) is 1. The van der Waals surface area contributed by atoms with Crippen molar-refractivity contribution in [1.82, 2.24) is 9.88 Å². The number of nitrogens with one attached hydrogen (secondary N) is 2. The fourth-order valence-corrected chi connectivity index (χ4v) is 4.44. The zero-order valence-corrected chi connectivity index (χ0v) is 19.4. The Bertz CT molecular complexity index is 1290. The average Bonchev–Trinajstić information content (AvgIpc) is 3.53. The number of rotatable bonds is 6. The highest BCUT2D eigenvalue weighted by Gasteiger charge is 2.29. The number of aromatic nitrogens is 1. The van der Waals surface area contributed by atoms with Crippen LogP contribution in [-0.4, -0.2) is 28.7 Å². The number of benzene rings is 2. The molecule has 3 aromatic rings. The third-order valence-corrected chi connectivity index (χ3v) is 6.48. The van der Waals surface area contributed by atoms with Crippen LogP contribution in [0.4, 0.5) is 10.5 Å². The van der Waals surface area contributed by atoms with Crippen molar-refractivity contribution >= 4 is 28.6 Å². The van der Waals surface area contributed by atoms with E-state index in [0.29, 0.717) is 22.9 Å². The van der Waals surface area contributed by atoms with Gasteiger partial charge in [-0.25, -0.2) is 4.79 Å². The summed E-state index contributed by atoms with van der Waals surface area (Å²) in [6, 6.07) is 16.1. The molecule has 2 aliphatic rings. The van der Waals surface area contributed by atoms with Crippen LogP contribution in [0.25, 0.3) is 22.2 Å². The fraction of sp³-hybridized carbons (Fsp3) is 0.370. The highest BCUT2D eigenvalue weighted by molar-refractivity contribution is 6.02. The number of nitriles is 1. The summed E-state index contributed by atoms with van der Waals surface area (Å²) in [5, 5.41) is 16.8. The number of fused-ring (bicyclic) bond motifs is 1. The molecule has 2 saturated carbocycles. The Labute approximate surface area is 198 Å². The van der Waals surface area contributed by atoms with Crippen LogP contribution in [0, 0.1) is 11.3 Å². The first-order valence-corrected chi connectivity index (χ1v) is 11.9. The summed E-state index contributed by atoms with van der Waals surface area (Å²) in [7, 11) is 0. The summed E-state index contributed by atoms with van der Waals surface area (Å²) in [5.41, 5.74) is 4.53. The molecule has 0 atom stereocenters. The summed E-state index contributed by atoms with van der Waals surface area (Å²) in [5.74, 6) is -0.0606. The maximum Gasteiger partial charge on any atom is 0.411 e. The minimum atomic E-state index is -0.499. The first-order chi connectivity index (χ1) is 16.4. The van der Waals surface area contributed by atoms with Gasteiger partial charge in [-0.3, -0.25) is 10.1 Å². The predicted molar refractivity (Wildman–Crippen MR) is 131 cm³/mol. The molecule has 0 bridgehead atoms. The number of anilines is 1. The minimum Gasteiger partial charge on any atom is -0.447 e. The number of nitrogens with zero attached hydrogens (tertiary/aromatic N) is 2. The van der Waals surface area contributed by atoms with E-state index in [2.05, 4.69) is 21.3 Å². The van der Waals surface area contributed by atoms with Gasteiger partial charge in [-0.05, 0) is 75.8 Å². The van der Waals surface area contributed by atoms with Gasteiger partial charge in [0.05, 0.1) is 22.9 Å². The van der Waals surface area contributed by atoms with E-state index in [0.717, 1.165) is 54.3 Å². The number of carbonyl (C=O) groups is 2. The Balaban J connectivity index is 1.55. The summed E-state index contributed by atoms with van der Waals surface area (Å²) in [6.45, 7) is 3.60. The monoisotopic (exact) mass is 456 g/mol. The van der Waals surface area contributed by atoms with Gasteiger partial charge in [0.1, 0.15) is 6.07 Å². The average molecular weight is 457 g/mol. The van der Waals surface area contributed by atoms with Crippen molar-refractivity contribution in [3.05, 3.63) is 53.6 Å². The Morgan fingerprint density at radius 1 is 1.09 bits per heavy atom. The number of amides is 2. The van der Waals surface area contributed by atoms with Gasteiger partial charge in [-0.2, -0.15) is 5.26 Å². The quantitative estimate of drug-likeness (QED) is 0.493. The van der Waals surface area contributed by atoms with E-state index in [-0.39, 0.29) is 18.1 Å². The zero-order valence-electron chi connectivity index (χ0n) is 19.4. The summed E-state index contributed by atoms with van der Waals surface area (Å²) in [4.78, 5) is 24.6. The summed E-state index contributed by atoms with van der Waals surface area (Å²) < 4.78 is 7.38. The van der Waals surface area contributed by atoms with Crippen LogP contribution >= 0.6 is 0 Å². The molecule has 7 heteroatoms. The molecule has 7 nitrogen and oxygen atoms in total. The van der Waals surface area contributed by atoms with E-state index in [1.807, 2.05) is 42.5 Å². The van der Waals surface area contributed by atoms with E-state index in [1.165, 1.54) is 0 Å². The Hall–Kier alpha value is -3.79. The highest BCUT2D eigenvalue weighted by Crippen LogP contribution is 2.43. The molecule has 2 amide bonds. The maximum absolute atomic E-state index is 12.7. The topological polar surface area (TPSA) is 96.2 Å². The predicted octanol–water partition coefficient (Wildman–Crippen LogP) is 5.75. The maximum atomic E-state index is 12.7. The summed E-state index contributed by atoms with van der Waals surface area (Å²) >= 11 is 0. The highest BCUT2D eigenvalue weighted by atomic mass is 16.6. The van der Waals surface area contributed by atoms with Crippen molar-refractivity contribution in [3.63, 3.8) is 0 Å². The molecule has 1 aromatic heterocycles. The van der Waals surface area contributed by atoms with Gasteiger partial charge < -0.3 is 14.6 Å². The van der Waals surface area contributed by atoms with E-state index >= 15 is 0 Å². The van der Waals surface area contributed by atoms with Crippen molar-refractivity contribution in [2.24, 2.45) is 0 Å². The molecule has 2 aliphatic carbocycles. The van der Waals surface area contributed by atoms with Crippen LogP contribution in [0.15, 0.2) is 42.5 Å². The number of hydrogen-bond acceptors (Lipinski definition) is 4. The summed E-state index contributed by atoms with van der Waals surface area (Å²) in [6.07, 6.45) is 4.60. The van der Waals surface area contributed by atoms with Crippen molar-refractivity contribution in [2.75, 3.05) is 5.32 Å². The van der Waals surface area contributed by atoms with E-state index in [4.69, 9.17) is 4.74 Å². The van der Waals surface area contributed by atoms with Crippen molar-refractivity contribution in [1.29, 1.82) is 5.26 Å². The van der Waals surface area contributed by atoms with Gasteiger partial charge in [-0.15, -0.1) is 0 Å². The fourth-order valence-electron chi connectivity index (χ4n) is 4.44. The Morgan fingerprint density at radius 3 is 2.41 bits per heavy atom. The van der Waals surface area contributed by atoms with E-state index in [1.54, 1.807) is 13.8 Å². The van der Waals surface area contributed by atoms with Gasteiger partial charge >= 0.3 is 6.09 Å². The molecule has 1 heterocycles. The minimum absolute atomic E-state index is 0.0606. The van der Waals surface area contributed by atoms with Crippen molar-refractivity contribution in [2.45, 2.75) is 64.1 Å². The second kappa shape index (κ2) is 8.86.